The van der Waals surface area contributed by atoms with Gasteiger partial charge in [0.05, 0.1) is 25.0 Å². The van der Waals surface area contributed by atoms with E-state index in [9.17, 15) is 14.3 Å². The van der Waals surface area contributed by atoms with E-state index in [0.717, 1.165) is 0 Å². The summed E-state index contributed by atoms with van der Waals surface area (Å²) >= 11 is 0. The Hall–Kier alpha value is -4.84. The Balaban J connectivity index is 1.33. The Labute approximate surface area is 210 Å². The summed E-state index contributed by atoms with van der Waals surface area (Å²) in [7, 11) is 0. The Bertz CT molecular complexity index is 1420. The van der Waals surface area contributed by atoms with Crippen LogP contribution in [0, 0.1) is 5.82 Å². The number of carbonyl (C=O) groups is 1. The first kappa shape index (κ1) is 23.9. The second kappa shape index (κ2) is 10.8. The molecule has 0 bridgehead atoms. The molecule has 1 saturated heterocycles. The Morgan fingerprint density at radius 3 is 2.59 bits per heavy atom. The molecule has 1 aliphatic heterocycles. The zero-order valence-corrected chi connectivity index (χ0v) is 19.5. The monoisotopic (exact) mass is 503 g/mol. The molecule has 0 amide bonds. The number of morpholine rings is 1. The van der Waals surface area contributed by atoms with E-state index < -0.39 is 5.97 Å². The first-order valence-corrected chi connectivity index (χ1v) is 11.4. The van der Waals surface area contributed by atoms with E-state index in [-0.39, 0.29) is 23.3 Å². The fourth-order valence-corrected chi connectivity index (χ4v) is 3.57. The van der Waals surface area contributed by atoms with Crippen LogP contribution < -0.4 is 15.6 Å². The molecule has 2 aromatic carbocycles. The zero-order valence-electron chi connectivity index (χ0n) is 19.5. The number of benzene rings is 2. The van der Waals surface area contributed by atoms with Crippen LogP contribution in [0.1, 0.15) is 16.1 Å². The van der Waals surface area contributed by atoms with Gasteiger partial charge in [0, 0.05) is 24.3 Å². The maximum Gasteiger partial charge on any atom is 0.335 e. The van der Waals surface area contributed by atoms with Crippen molar-refractivity contribution >= 4 is 35.7 Å². The fourth-order valence-electron chi connectivity index (χ4n) is 3.57. The Morgan fingerprint density at radius 2 is 1.81 bits per heavy atom. The van der Waals surface area contributed by atoms with Crippen molar-refractivity contribution in [2.24, 2.45) is 5.10 Å². The van der Waals surface area contributed by atoms with Gasteiger partial charge in [-0.3, -0.25) is 0 Å². The Kier molecular flexibility index (Phi) is 6.99. The van der Waals surface area contributed by atoms with Crippen LogP contribution in [0.4, 0.5) is 27.9 Å². The second-order valence-corrected chi connectivity index (χ2v) is 7.97. The molecule has 1 fully saturated rings. The van der Waals surface area contributed by atoms with Crippen LogP contribution in [0.5, 0.6) is 0 Å². The van der Waals surface area contributed by atoms with Crippen molar-refractivity contribution in [3.8, 4) is 11.3 Å². The van der Waals surface area contributed by atoms with Gasteiger partial charge < -0.3 is 24.5 Å². The number of carboxylic acid groups (broad SMARTS) is 1. The largest absolute Gasteiger partial charge is 0.478 e. The molecule has 0 saturated carbocycles. The smallest absolute Gasteiger partial charge is 0.335 e. The minimum atomic E-state index is -1.01. The van der Waals surface area contributed by atoms with Crippen LogP contribution in [-0.4, -0.2) is 58.5 Å². The summed E-state index contributed by atoms with van der Waals surface area (Å²) in [5.74, 6) is 0.487. The van der Waals surface area contributed by atoms with Crippen LogP contribution in [0.3, 0.4) is 0 Å². The highest BCUT2D eigenvalue weighted by Gasteiger charge is 2.17. The molecule has 5 rings (SSSR count). The lowest BCUT2D eigenvalue weighted by atomic mass is 10.1. The number of hydrazone groups is 1. The van der Waals surface area contributed by atoms with Crippen molar-refractivity contribution in [3.05, 3.63) is 77.8 Å². The van der Waals surface area contributed by atoms with Gasteiger partial charge in [0.1, 0.15) is 17.3 Å². The first-order valence-electron chi connectivity index (χ1n) is 11.4. The highest BCUT2D eigenvalue weighted by molar-refractivity contribution is 5.89. The third kappa shape index (κ3) is 6.05. The molecule has 11 nitrogen and oxygen atoms in total. The average molecular weight is 503 g/mol. The number of halogens is 1. The number of anilines is 4. The molecule has 0 unspecified atom stereocenters. The van der Waals surface area contributed by atoms with E-state index in [1.807, 2.05) is 4.90 Å². The lowest BCUT2D eigenvalue weighted by Crippen LogP contribution is -2.37. The molecule has 3 N–H and O–H groups in total. The van der Waals surface area contributed by atoms with Crippen molar-refractivity contribution in [2.75, 3.05) is 41.9 Å². The molecule has 2 aromatic heterocycles. The number of aromatic nitrogens is 3. The highest BCUT2D eigenvalue weighted by atomic mass is 19.1. The van der Waals surface area contributed by atoms with E-state index in [4.69, 9.17) is 9.15 Å². The van der Waals surface area contributed by atoms with Gasteiger partial charge in [-0.1, -0.05) is 12.1 Å². The summed E-state index contributed by atoms with van der Waals surface area (Å²) in [6.07, 6.45) is 1.45. The lowest BCUT2D eigenvalue weighted by Gasteiger charge is -2.27. The summed E-state index contributed by atoms with van der Waals surface area (Å²) in [5, 5.41) is 16.4. The van der Waals surface area contributed by atoms with Gasteiger partial charge >= 0.3 is 5.97 Å². The molecule has 0 atom stereocenters. The van der Waals surface area contributed by atoms with Crippen LogP contribution in [0.25, 0.3) is 11.3 Å². The van der Waals surface area contributed by atoms with Gasteiger partial charge in [-0.25, -0.2) is 14.6 Å². The number of rotatable bonds is 8. The van der Waals surface area contributed by atoms with Gasteiger partial charge in [0.25, 0.3) is 0 Å². The minimum absolute atomic E-state index is 0.168. The minimum Gasteiger partial charge on any atom is -0.478 e. The summed E-state index contributed by atoms with van der Waals surface area (Å²) in [6, 6.07) is 15.7. The molecule has 0 spiro atoms. The van der Waals surface area contributed by atoms with E-state index in [1.165, 1.54) is 30.5 Å². The SMILES string of the molecule is O=C(O)c1cccc(-c2ccc(C=NNc3nc(Nc4ccc(F)cc4)nc(N4CCOCC4)n3)o2)c1. The van der Waals surface area contributed by atoms with Crippen molar-refractivity contribution in [1.82, 2.24) is 15.0 Å². The van der Waals surface area contributed by atoms with Gasteiger partial charge in [-0.2, -0.15) is 20.1 Å². The fraction of sp³-hybridized carbons (Fsp3) is 0.160. The van der Waals surface area contributed by atoms with Crippen LogP contribution in [0.15, 0.2) is 70.2 Å². The third-order valence-electron chi connectivity index (χ3n) is 5.40. The van der Waals surface area contributed by atoms with E-state index in [0.29, 0.717) is 55.0 Å². The maximum absolute atomic E-state index is 13.3. The van der Waals surface area contributed by atoms with Crippen LogP contribution in [0.2, 0.25) is 0 Å². The molecule has 188 valence electrons. The van der Waals surface area contributed by atoms with Gasteiger partial charge in [0.15, 0.2) is 0 Å². The molecule has 0 aliphatic carbocycles. The average Bonchev–Trinajstić information content (AvgIpc) is 3.39. The zero-order chi connectivity index (χ0) is 25.6. The standard InChI is InChI=1S/C25H22FN7O4/c26-18-4-6-19(7-5-18)28-23-29-24(31-25(30-23)33-10-12-36-13-11-33)32-27-15-20-8-9-21(37-20)16-2-1-3-17(14-16)22(34)35/h1-9,14-15H,10-13H2,(H,34,35)(H2,28,29,30,31,32). The summed E-state index contributed by atoms with van der Waals surface area (Å²) in [6.45, 7) is 2.37. The van der Waals surface area contributed by atoms with Crippen molar-refractivity contribution in [2.45, 2.75) is 0 Å². The molecular formula is C25H22FN7O4. The van der Waals surface area contributed by atoms with Gasteiger partial charge in [-0.15, -0.1) is 0 Å². The molecular weight excluding hydrogens is 481 g/mol. The van der Waals surface area contributed by atoms with Crippen molar-refractivity contribution in [3.63, 3.8) is 0 Å². The number of furan rings is 1. The Morgan fingerprint density at radius 1 is 1.03 bits per heavy atom. The van der Waals surface area contributed by atoms with E-state index in [2.05, 4.69) is 30.8 Å². The molecule has 37 heavy (non-hydrogen) atoms. The number of nitrogens with one attached hydrogen (secondary N) is 2. The molecule has 4 aromatic rings. The van der Waals surface area contributed by atoms with E-state index >= 15 is 0 Å². The summed E-state index contributed by atoms with van der Waals surface area (Å²) in [4.78, 5) is 26.5. The predicted molar refractivity (Wildman–Crippen MR) is 135 cm³/mol. The normalized spacial score (nSPS) is 13.6. The lowest BCUT2D eigenvalue weighted by molar-refractivity contribution is 0.0697. The maximum atomic E-state index is 13.3. The number of carboxylic acids is 1. The number of nitrogens with zero attached hydrogens (tertiary/aromatic N) is 5. The molecule has 0 radical (unpaired) electrons. The molecule has 12 heteroatoms. The molecule has 3 heterocycles. The van der Waals surface area contributed by atoms with Crippen LogP contribution in [-0.2, 0) is 4.74 Å². The predicted octanol–water partition coefficient (Wildman–Crippen LogP) is 4.00. The highest BCUT2D eigenvalue weighted by Crippen LogP contribution is 2.23. The van der Waals surface area contributed by atoms with Crippen molar-refractivity contribution in [1.29, 1.82) is 0 Å². The molecule has 1 aliphatic rings. The topological polar surface area (TPSA) is 138 Å². The van der Waals surface area contributed by atoms with Crippen molar-refractivity contribution < 1.29 is 23.4 Å². The third-order valence-corrected chi connectivity index (χ3v) is 5.40. The first-order chi connectivity index (χ1) is 18.0. The number of hydrogen-bond acceptors (Lipinski definition) is 10. The number of aromatic carboxylic acids is 1. The number of hydrogen-bond donors (Lipinski definition) is 3. The van der Waals surface area contributed by atoms with E-state index in [1.54, 1.807) is 36.4 Å². The number of ether oxygens (including phenoxy) is 1. The summed E-state index contributed by atoms with van der Waals surface area (Å²) in [5.41, 5.74) is 4.21. The van der Waals surface area contributed by atoms with Gasteiger partial charge in [-0.05, 0) is 48.5 Å². The van der Waals surface area contributed by atoms with Crippen LogP contribution >= 0.6 is 0 Å². The van der Waals surface area contributed by atoms with Gasteiger partial charge in [0.2, 0.25) is 17.8 Å². The quantitative estimate of drug-likeness (QED) is 0.239. The summed E-state index contributed by atoms with van der Waals surface area (Å²) < 4.78 is 24.5. The second-order valence-electron chi connectivity index (χ2n) is 7.97.